The highest BCUT2D eigenvalue weighted by molar-refractivity contribution is 7.09. The highest BCUT2D eigenvalue weighted by Gasteiger charge is 2.10. The van der Waals surface area contributed by atoms with E-state index in [1.165, 1.54) is 0 Å². The van der Waals surface area contributed by atoms with E-state index in [0.717, 1.165) is 4.88 Å². The third kappa shape index (κ3) is 4.44. The number of carbonyl (C=O) groups is 2. The summed E-state index contributed by atoms with van der Waals surface area (Å²) in [6.45, 7) is 0.601. The molecule has 0 aliphatic heterocycles. The number of amides is 1. The number of carboxylic acid groups (broad SMARTS) is 1. The lowest BCUT2D eigenvalue weighted by Gasteiger charge is -2.15. The largest absolute Gasteiger partial charge is 0.481 e. The molecule has 0 aromatic carbocycles. The molecule has 4 nitrogen and oxygen atoms in total. The van der Waals surface area contributed by atoms with Gasteiger partial charge in [0.05, 0.1) is 6.54 Å². The quantitative estimate of drug-likeness (QED) is 0.828. The summed E-state index contributed by atoms with van der Waals surface area (Å²) in [6.07, 6.45) is 0.760. The molecule has 1 aromatic rings. The lowest BCUT2D eigenvalue weighted by molar-refractivity contribution is -0.137. The van der Waals surface area contributed by atoms with Crippen LogP contribution in [0.25, 0.3) is 0 Å². The first-order valence-corrected chi connectivity index (χ1v) is 5.95. The summed E-state index contributed by atoms with van der Waals surface area (Å²) in [5.41, 5.74) is 0. The Morgan fingerprint density at radius 3 is 2.75 bits per heavy atom. The summed E-state index contributed by atoms with van der Waals surface area (Å²) in [4.78, 5) is 24.6. The molecule has 5 heteroatoms. The van der Waals surface area contributed by atoms with E-state index in [1.807, 2.05) is 17.5 Å². The Kier molecular flexibility index (Phi) is 4.98. The lowest BCUT2D eigenvalue weighted by atomic mass is 10.2. The molecular weight excluding hydrogens is 226 g/mol. The molecule has 88 valence electrons. The van der Waals surface area contributed by atoms with E-state index in [4.69, 9.17) is 5.11 Å². The molecule has 0 saturated heterocycles. The number of carboxylic acids is 1. The predicted molar refractivity (Wildman–Crippen MR) is 62.3 cm³/mol. The fourth-order valence-electron chi connectivity index (χ4n) is 1.31. The number of rotatable bonds is 6. The number of carbonyl (C=O) groups excluding carboxylic acids is 1. The lowest BCUT2D eigenvalue weighted by Crippen LogP contribution is -2.25. The van der Waals surface area contributed by atoms with Crippen molar-refractivity contribution >= 4 is 23.2 Å². The highest BCUT2D eigenvalue weighted by Crippen LogP contribution is 2.11. The summed E-state index contributed by atoms with van der Waals surface area (Å²) < 4.78 is 0. The fraction of sp³-hybridized carbons (Fsp3) is 0.455. The van der Waals surface area contributed by atoms with Crippen LogP contribution in [0.15, 0.2) is 17.5 Å². The van der Waals surface area contributed by atoms with Crippen molar-refractivity contribution in [3.63, 3.8) is 0 Å². The van der Waals surface area contributed by atoms with E-state index in [0.29, 0.717) is 19.4 Å². The topological polar surface area (TPSA) is 57.6 Å². The van der Waals surface area contributed by atoms with Crippen molar-refractivity contribution in [1.29, 1.82) is 0 Å². The van der Waals surface area contributed by atoms with Crippen molar-refractivity contribution in [1.82, 2.24) is 4.90 Å². The summed E-state index contributed by atoms with van der Waals surface area (Å²) in [5.74, 6) is -0.858. The van der Waals surface area contributed by atoms with E-state index in [-0.39, 0.29) is 12.3 Å². The summed E-state index contributed by atoms with van der Waals surface area (Å²) >= 11 is 1.61. The molecule has 1 N–H and O–H groups in total. The van der Waals surface area contributed by atoms with Gasteiger partial charge in [0.25, 0.3) is 0 Å². The van der Waals surface area contributed by atoms with Gasteiger partial charge < -0.3 is 10.0 Å². The molecule has 0 bridgehead atoms. The van der Waals surface area contributed by atoms with Gasteiger partial charge in [0.1, 0.15) is 0 Å². The molecule has 0 saturated carbocycles. The van der Waals surface area contributed by atoms with Crippen LogP contribution in [-0.2, 0) is 16.1 Å². The van der Waals surface area contributed by atoms with Gasteiger partial charge in [0.2, 0.25) is 5.91 Å². The Balaban J connectivity index is 2.28. The van der Waals surface area contributed by atoms with Crippen LogP contribution >= 0.6 is 11.3 Å². The van der Waals surface area contributed by atoms with Crippen molar-refractivity contribution in [2.24, 2.45) is 0 Å². The minimum atomic E-state index is -0.853. The SMILES string of the molecule is CN(Cc1cccs1)C(=O)CCCC(=O)O. The van der Waals surface area contributed by atoms with Crippen LogP contribution < -0.4 is 0 Å². The first-order valence-electron chi connectivity index (χ1n) is 5.07. The number of aliphatic carboxylic acids is 1. The molecule has 1 rings (SSSR count). The molecule has 0 aliphatic rings. The van der Waals surface area contributed by atoms with Crippen molar-refractivity contribution in [3.8, 4) is 0 Å². The van der Waals surface area contributed by atoms with Crippen molar-refractivity contribution in [3.05, 3.63) is 22.4 Å². The zero-order chi connectivity index (χ0) is 12.0. The number of nitrogens with zero attached hydrogens (tertiary/aromatic N) is 1. The zero-order valence-corrected chi connectivity index (χ0v) is 10.00. The molecule has 16 heavy (non-hydrogen) atoms. The highest BCUT2D eigenvalue weighted by atomic mass is 32.1. The van der Waals surface area contributed by atoms with Gasteiger partial charge in [-0.15, -0.1) is 11.3 Å². The van der Waals surface area contributed by atoms with E-state index < -0.39 is 5.97 Å². The molecule has 0 aliphatic carbocycles. The zero-order valence-electron chi connectivity index (χ0n) is 9.18. The standard InChI is InChI=1S/C11H15NO3S/c1-12(8-9-4-3-7-16-9)10(13)5-2-6-11(14)15/h3-4,7H,2,5-6,8H2,1H3,(H,14,15). The Morgan fingerprint density at radius 1 is 1.44 bits per heavy atom. The maximum atomic E-state index is 11.6. The van der Waals surface area contributed by atoms with E-state index in [1.54, 1.807) is 23.3 Å². The summed E-state index contributed by atoms with van der Waals surface area (Å²) in [5, 5.41) is 10.4. The van der Waals surface area contributed by atoms with Gasteiger partial charge in [-0.3, -0.25) is 9.59 Å². The average molecular weight is 241 g/mol. The van der Waals surface area contributed by atoms with Crippen LogP contribution in [0.2, 0.25) is 0 Å². The minimum absolute atomic E-state index is 0.00495. The van der Waals surface area contributed by atoms with Gasteiger partial charge >= 0.3 is 5.97 Å². The van der Waals surface area contributed by atoms with Crippen molar-refractivity contribution in [2.45, 2.75) is 25.8 Å². The van der Waals surface area contributed by atoms with E-state index in [2.05, 4.69) is 0 Å². The maximum Gasteiger partial charge on any atom is 0.303 e. The molecule has 1 amide bonds. The molecule has 0 spiro atoms. The van der Waals surface area contributed by atoms with Crippen LogP contribution in [0, 0.1) is 0 Å². The van der Waals surface area contributed by atoms with Crippen molar-refractivity contribution in [2.75, 3.05) is 7.05 Å². The van der Waals surface area contributed by atoms with E-state index >= 15 is 0 Å². The number of hydrogen-bond acceptors (Lipinski definition) is 3. The van der Waals surface area contributed by atoms with E-state index in [9.17, 15) is 9.59 Å². The molecule has 1 heterocycles. The van der Waals surface area contributed by atoms with Crippen LogP contribution in [0.1, 0.15) is 24.1 Å². The van der Waals surface area contributed by atoms with Gasteiger partial charge in [-0.25, -0.2) is 0 Å². The van der Waals surface area contributed by atoms with Gasteiger partial charge in [-0.2, -0.15) is 0 Å². The molecule has 0 radical (unpaired) electrons. The minimum Gasteiger partial charge on any atom is -0.481 e. The third-order valence-electron chi connectivity index (χ3n) is 2.18. The second-order valence-corrected chi connectivity index (χ2v) is 4.61. The Labute approximate surface area is 98.5 Å². The van der Waals surface area contributed by atoms with Gasteiger partial charge in [-0.05, 0) is 17.9 Å². The Bertz CT molecular complexity index is 348. The van der Waals surface area contributed by atoms with Crippen LogP contribution in [0.4, 0.5) is 0 Å². The second-order valence-electron chi connectivity index (χ2n) is 3.58. The maximum absolute atomic E-state index is 11.6. The Morgan fingerprint density at radius 2 is 2.19 bits per heavy atom. The third-order valence-corrected chi connectivity index (χ3v) is 3.04. The molecule has 0 unspecified atom stereocenters. The monoisotopic (exact) mass is 241 g/mol. The average Bonchev–Trinajstić information content (AvgIpc) is 2.69. The number of thiophene rings is 1. The first-order chi connectivity index (χ1) is 7.59. The van der Waals surface area contributed by atoms with Crippen LogP contribution in [0.3, 0.4) is 0 Å². The normalized spacial score (nSPS) is 10.1. The van der Waals surface area contributed by atoms with Crippen molar-refractivity contribution < 1.29 is 14.7 Å². The molecule has 0 fully saturated rings. The van der Waals surface area contributed by atoms with Crippen LogP contribution in [0.5, 0.6) is 0 Å². The number of hydrogen-bond donors (Lipinski definition) is 1. The first kappa shape index (κ1) is 12.7. The molecule has 0 atom stereocenters. The summed E-state index contributed by atoms with van der Waals surface area (Å²) in [6, 6.07) is 3.93. The smallest absolute Gasteiger partial charge is 0.303 e. The Hall–Kier alpha value is -1.36. The van der Waals surface area contributed by atoms with Gasteiger partial charge in [0, 0.05) is 24.8 Å². The fourth-order valence-corrected chi connectivity index (χ4v) is 2.06. The molecular formula is C11H15NO3S. The van der Waals surface area contributed by atoms with Gasteiger partial charge in [0.15, 0.2) is 0 Å². The van der Waals surface area contributed by atoms with Crippen LogP contribution in [-0.4, -0.2) is 28.9 Å². The molecule has 1 aromatic heterocycles. The predicted octanol–water partition coefficient (Wildman–Crippen LogP) is 1.96. The van der Waals surface area contributed by atoms with Gasteiger partial charge in [-0.1, -0.05) is 6.07 Å². The second kappa shape index (κ2) is 6.27. The summed E-state index contributed by atoms with van der Waals surface area (Å²) in [7, 11) is 1.74.